The predicted molar refractivity (Wildman–Crippen MR) is 173 cm³/mol. The Morgan fingerprint density at radius 2 is 1.96 bits per heavy atom. The molecule has 2 atom stereocenters. The number of halogens is 2. The van der Waals surface area contributed by atoms with Crippen molar-refractivity contribution in [2.75, 3.05) is 19.7 Å². The second-order valence-electron chi connectivity index (χ2n) is 12.4. The number of aliphatic hydroxyl groups is 2. The smallest absolute Gasteiger partial charge is 0.343 e. The Labute approximate surface area is 278 Å². The van der Waals surface area contributed by atoms with Crippen LogP contribution in [0.5, 0.6) is 0 Å². The number of aromatic nitrogens is 2. The van der Waals surface area contributed by atoms with Crippen molar-refractivity contribution < 1.29 is 33.7 Å². The molecular formula is C35H32ClFN4O7. The molecule has 0 saturated carbocycles. The zero-order chi connectivity index (χ0) is 33.9. The number of carbonyl (C=O) groups excluding carboxylic acids is 3. The third-order valence-corrected chi connectivity index (χ3v) is 10.0. The first-order chi connectivity index (χ1) is 23.0. The zero-order valence-corrected chi connectivity index (χ0v) is 26.8. The number of pyridine rings is 2. The van der Waals surface area contributed by atoms with Crippen LogP contribution in [-0.4, -0.2) is 62.1 Å². The number of hydrogen-bond acceptors (Lipinski definition) is 8. The van der Waals surface area contributed by atoms with Crippen molar-refractivity contribution in [2.24, 2.45) is 0 Å². The first kappa shape index (κ1) is 31.9. The van der Waals surface area contributed by atoms with Crippen LogP contribution < -0.4 is 10.9 Å². The largest absolute Gasteiger partial charge is 0.458 e. The molecule has 3 N–H and O–H groups in total. The number of nitrogens with zero attached hydrogens (tertiary/aromatic N) is 3. The molecule has 2 amide bonds. The van der Waals surface area contributed by atoms with Crippen molar-refractivity contribution >= 4 is 40.3 Å². The number of nitrogens with one attached hydrogen (secondary N) is 1. The fourth-order valence-corrected chi connectivity index (χ4v) is 7.45. The molecule has 0 radical (unpaired) electrons. The van der Waals surface area contributed by atoms with Crippen LogP contribution in [0, 0.1) is 5.82 Å². The second-order valence-corrected chi connectivity index (χ2v) is 12.7. The van der Waals surface area contributed by atoms with Crippen molar-refractivity contribution in [3.63, 3.8) is 0 Å². The van der Waals surface area contributed by atoms with Crippen LogP contribution in [0.3, 0.4) is 0 Å². The number of ether oxygens (including phenoxy) is 1. The van der Waals surface area contributed by atoms with Crippen LogP contribution in [-0.2, 0) is 50.7 Å². The summed E-state index contributed by atoms with van der Waals surface area (Å²) in [5.74, 6) is -2.28. The molecule has 0 fully saturated rings. The second kappa shape index (κ2) is 12.1. The lowest BCUT2D eigenvalue weighted by Gasteiger charge is -2.31. The monoisotopic (exact) mass is 674 g/mol. The van der Waals surface area contributed by atoms with Crippen LogP contribution in [0.25, 0.3) is 22.3 Å². The number of amides is 2. The fourth-order valence-electron chi connectivity index (χ4n) is 7.21. The van der Waals surface area contributed by atoms with E-state index in [9.17, 15) is 29.4 Å². The summed E-state index contributed by atoms with van der Waals surface area (Å²) in [4.78, 5) is 59.2. The SMILES string of the molecule is CC[C@@]1(O)C(=O)OCc2c1cc1n(c2=O)Cc2c-1nc1cc(F)c(Cl)c3c1c2C(NC(=O)CN(CCO)C(=O)Cc1ccccc1)CC3. The molecule has 7 rings (SSSR count). The Hall–Kier alpha value is -4.65. The number of aliphatic hydroxyl groups excluding tert-OH is 1. The van der Waals surface area contributed by atoms with Crippen LogP contribution in [0.2, 0.25) is 5.02 Å². The third-order valence-electron chi connectivity index (χ3n) is 9.63. The van der Waals surface area contributed by atoms with E-state index in [2.05, 4.69) is 5.32 Å². The van der Waals surface area contributed by atoms with Gasteiger partial charge < -0.3 is 29.7 Å². The van der Waals surface area contributed by atoms with E-state index < -0.39 is 34.9 Å². The Morgan fingerprint density at radius 1 is 1.19 bits per heavy atom. The number of carbonyl (C=O) groups is 3. The van der Waals surface area contributed by atoms with Gasteiger partial charge in [-0.25, -0.2) is 14.2 Å². The summed E-state index contributed by atoms with van der Waals surface area (Å²) in [5, 5.41) is 24.5. The molecule has 0 spiro atoms. The topological polar surface area (TPSA) is 151 Å². The molecular weight excluding hydrogens is 643 g/mol. The molecule has 11 nitrogen and oxygen atoms in total. The molecule has 1 unspecified atom stereocenters. The number of aryl methyl sites for hydroxylation is 1. The summed E-state index contributed by atoms with van der Waals surface area (Å²) in [6, 6.07) is 11.3. The quantitative estimate of drug-likeness (QED) is 0.213. The lowest BCUT2D eigenvalue weighted by atomic mass is 9.83. The zero-order valence-electron chi connectivity index (χ0n) is 26.0. The Morgan fingerprint density at radius 3 is 2.69 bits per heavy atom. The number of fused-ring (bicyclic) bond motifs is 5. The third kappa shape index (κ3) is 5.06. The van der Waals surface area contributed by atoms with Crippen LogP contribution >= 0.6 is 11.6 Å². The highest BCUT2D eigenvalue weighted by molar-refractivity contribution is 6.32. The van der Waals surface area contributed by atoms with Gasteiger partial charge in [0, 0.05) is 29.1 Å². The minimum Gasteiger partial charge on any atom is -0.458 e. The average Bonchev–Trinajstić information content (AvgIpc) is 3.44. The molecule has 2 aromatic carbocycles. The maximum atomic E-state index is 15.1. The van der Waals surface area contributed by atoms with Crippen molar-refractivity contribution in [1.29, 1.82) is 0 Å². The van der Waals surface area contributed by atoms with Crippen molar-refractivity contribution in [3.8, 4) is 11.4 Å². The van der Waals surface area contributed by atoms with Gasteiger partial charge >= 0.3 is 5.97 Å². The lowest BCUT2D eigenvalue weighted by Crippen LogP contribution is -2.44. The predicted octanol–water partition coefficient (Wildman–Crippen LogP) is 3.04. The average molecular weight is 675 g/mol. The molecule has 2 aliphatic heterocycles. The Balaban J connectivity index is 1.29. The number of hydrogen-bond donors (Lipinski definition) is 3. The van der Waals surface area contributed by atoms with Gasteiger partial charge in [0.25, 0.3) is 5.56 Å². The maximum absolute atomic E-state index is 15.1. The van der Waals surface area contributed by atoms with Gasteiger partial charge in [-0.2, -0.15) is 0 Å². The summed E-state index contributed by atoms with van der Waals surface area (Å²) >= 11 is 6.46. The van der Waals surface area contributed by atoms with Crippen LogP contribution in [0.15, 0.2) is 47.3 Å². The van der Waals surface area contributed by atoms with Gasteiger partial charge in [-0.3, -0.25) is 14.4 Å². The van der Waals surface area contributed by atoms with Gasteiger partial charge in [-0.15, -0.1) is 0 Å². The molecule has 2 aromatic heterocycles. The van der Waals surface area contributed by atoms with Gasteiger partial charge in [-0.05, 0) is 42.0 Å². The van der Waals surface area contributed by atoms with E-state index >= 15 is 4.39 Å². The van der Waals surface area contributed by atoms with E-state index in [1.165, 1.54) is 15.5 Å². The van der Waals surface area contributed by atoms with Gasteiger partial charge in [-0.1, -0.05) is 48.9 Å². The highest BCUT2D eigenvalue weighted by Crippen LogP contribution is 2.46. The summed E-state index contributed by atoms with van der Waals surface area (Å²) in [6.07, 6.45) is 0.732. The summed E-state index contributed by atoms with van der Waals surface area (Å²) in [6.45, 7) is 0.741. The van der Waals surface area contributed by atoms with Gasteiger partial charge in [0.05, 0.1) is 59.6 Å². The Bertz CT molecular complexity index is 2090. The minimum absolute atomic E-state index is 0.0205. The molecule has 13 heteroatoms. The van der Waals surface area contributed by atoms with E-state index in [1.54, 1.807) is 13.0 Å². The number of benzene rings is 2. The van der Waals surface area contributed by atoms with Gasteiger partial charge in [0.15, 0.2) is 5.60 Å². The highest BCUT2D eigenvalue weighted by atomic mass is 35.5. The fraction of sp³-hybridized carbons (Fsp3) is 0.343. The number of rotatable bonds is 8. The molecule has 0 saturated heterocycles. The standard InChI is InChI=1S/C35H32ClFN4O7/c1-2-35(47)22-13-26-32-20(15-41(26)33(45)21(22)17-48-34(35)46)30-24(9-8-19-29(30)25(39-32)14-23(37)31(19)36)38-27(43)16-40(10-11-42)28(44)12-18-6-4-3-5-7-18/h3-7,13-14,24,42,47H,2,8-12,15-17H2,1H3,(H,38,43)/t24?,35-/m0/s1. The van der Waals surface area contributed by atoms with E-state index in [4.69, 9.17) is 21.3 Å². The maximum Gasteiger partial charge on any atom is 0.343 e. The normalized spacial score (nSPS) is 18.9. The van der Waals surface area contributed by atoms with Crippen molar-refractivity contribution in [1.82, 2.24) is 19.8 Å². The van der Waals surface area contributed by atoms with Gasteiger partial charge in [0.2, 0.25) is 11.8 Å². The number of esters is 1. The highest BCUT2D eigenvalue weighted by Gasteiger charge is 2.46. The Kier molecular flexibility index (Phi) is 8.05. The summed E-state index contributed by atoms with van der Waals surface area (Å²) in [7, 11) is 0. The molecule has 1 aliphatic carbocycles. The molecule has 48 heavy (non-hydrogen) atoms. The number of cyclic esters (lactones) is 1. The van der Waals surface area contributed by atoms with Crippen LogP contribution in [0.4, 0.5) is 4.39 Å². The van der Waals surface area contributed by atoms with E-state index in [0.29, 0.717) is 46.3 Å². The van der Waals surface area contributed by atoms with E-state index in [-0.39, 0.29) is 73.3 Å². The van der Waals surface area contributed by atoms with Crippen LogP contribution in [0.1, 0.15) is 59.2 Å². The first-order valence-corrected chi connectivity index (χ1v) is 16.2. The van der Waals surface area contributed by atoms with Crippen molar-refractivity contribution in [3.05, 3.63) is 97.0 Å². The molecule has 0 bridgehead atoms. The molecule has 4 aromatic rings. The summed E-state index contributed by atoms with van der Waals surface area (Å²) in [5.41, 5.74) is 1.42. The van der Waals surface area contributed by atoms with E-state index in [0.717, 1.165) is 5.56 Å². The van der Waals surface area contributed by atoms with E-state index in [1.807, 2.05) is 30.3 Å². The van der Waals surface area contributed by atoms with Crippen molar-refractivity contribution in [2.45, 2.75) is 57.4 Å². The lowest BCUT2D eigenvalue weighted by molar-refractivity contribution is -0.172. The first-order valence-electron chi connectivity index (χ1n) is 15.8. The van der Waals surface area contributed by atoms with Gasteiger partial charge in [0.1, 0.15) is 12.4 Å². The molecule has 4 heterocycles. The minimum atomic E-state index is -2.02. The summed E-state index contributed by atoms with van der Waals surface area (Å²) < 4.78 is 21.8. The molecule has 3 aliphatic rings. The molecule has 248 valence electrons.